The molecule has 1 saturated heterocycles. The van der Waals surface area contributed by atoms with E-state index in [-0.39, 0.29) is 6.04 Å². The molecule has 1 saturated carbocycles. The monoisotopic (exact) mass is 224 g/mol. The maximum atomic E-state index is 12.4. The van der Waals surface area contributed by atoms with Gasteiger partial charge in [0.25, 0.3) is 0 Å². The average molecular weight is 224 g/mol. The molecule has 0 spiro atoms. The largest absolute Gasteiger partial charge is 0.339 e. The predicted molar refractivity (Wildman–Crippen MR) is 65.1 cm³/mol. The highest BCUT2D eigenvalue weighted by Gasteiger charge is 2.43. The van der Waals surface area contributed by atoms with Gasteiger partial charge in [0.1, 0.15) is 0 Å². The maximum absolute atomic E-state index is 12.4. The molecule has 0 radical (unpaired) electrons. The smallest absolute Gasteiger partial charge is 0.240 e. The molecule has 2 rings (SSSR count). The van der Waals surface area contributed by atoms with E-state index in [0.717, 1.165) is 19.0 Å². The lowest BCUT2D eigenvalue weighted by molar-refractivity contribution is -0.135. The number of carbonyl (C=O) groups excluding carboxylic acids is 1. The second-order valence-corrected chi connectivity index (χ2v) is 5.46. The summed E-state index contributed by atoms with van der Waals surface area (Å²) in [5.41, 5.74) is 0. The molecule has 3 heteroatoms. The molecule has 3 atom stereocenters. The number of rotatable bonds is 3. The highest BCUT2D eigenvalue weighted by atomic mass is 16.2. The molecule has 0 aromatic rings. The summed E-state index contributed by atoms with van der Waals surface area (Å²) in [5, 5.41) is 3.44. The molecule has 2 aliphatic rings. The van der Waals surface area contributed by atoms with Crippen molar-refractivity contribution in [1.82, 2.24) is 10.2 Å². The van der Waals surface area contributed by atoms with Gasteiger partial charge < -0.3 is 10.2 Å². The number of fused-ring (bicyclic) bond motifs is 1. The Bertz CT molecular complexity index is 265. The summed E-state index contributed by atoms with van der Waals surface area (Å²) >= 11 is 0. The molecule has 0 aromatic heterocycles. The number of nitrogens with zero attached hydrogens (tertiary/aromatic N) is 1. The van der Waals surface area contributed by atoms with Gasteiger partial charge in [-0.2, -0.15) is 0 Å². The summed E-state index contributed by atoms with van der Waals surface area (Å²) in [4.78, 5) is 14.4. The van der Waals surface area contributed by atoms with Crippen LogP contribution in [0.2, 0.25) is 0 Å². The molecule has 1 N–H and O–H groups in total. The van der Waals surface area contributed by atoms with Crippen molar-refractivity contribution in [2.24, 2.45) is 11.8 Å². The third-order valence-electron chi connectivity index (χ3n) is 4.26. The third kappa shape index (κ3) is 1.97. The fourth-order valence-corrected chi connectivity index (χ4v) is 3.41. The average Bonchev–Trinajstić information content (AvgIpc) is 2.77. The summed E-state index contributed by atoms with van der Waals surface area (Å²) in [6, 6.07) is 0.426. The first-order chi connectivity index (χ1) is 7.65. The lowest BCUT2D eigenvalue weighted by Crippen LogP contribution is -2.48. The van der Waals surface area contributed by atoms with Gasteiger partial charge in [0.15, 0.2) is 0 Å². The van der Waals surface area contributed by atoms with Crippen LogP contribution in [0.15, 0.2) is 0 Å². The molecular weight excluding hydrogens is 200 g/mol. The van der Waals surface area contributed by atoms with Crippen molar-refractivity contribution >= 4 is 5.91 Å². The lowest BCUT2D eigenvalue weighted by Gasteiger charge is -2.30. The fourth-order valence-electron chi connectivity index (χ4n) is 3.41. The van der Waals surface area contributed by atoms with Gasteiger partial charge in [0.05, 0.1) is 6.04 Å². The molecule has 92 valence electrons. The van der Waals surface area contributed by atoms with Gasteiger partial charge in [-0.1, -0.05) is 6.42 Å². The second-order valence-electron chi connectivity index (χ2n) is 5.46. The van der Waals surface area contributed by atoms with Gasteiger partial charge >= 0.3 is 0 Å². The van der Waals surface area contributed by atoms with Gasteiger partial charge in [-0.05, 0) is 52.0 Å². The van der Waals surface area contributed by atoms with E-state index < -0.39 is 0 Å². The SMILES string of the molecule is CCN(C(=O)C1NCC2CCCC21)C(C)C. The van der Waals surface area contributed by atoms with Gasteiger partial charge in [-0.25, -0.2) is 0 Å². The Balaban J connectivity index is 2.04. The van der Waals surface area contributed by atoms with Gasteiger partial charge in [0.2, 0.25) is 5.91 Å². The van der Waals surface area contributed by atoms with E-state index in [2.05, 4.69) is 26.1 Å². The van der Waals surface area contributed by atoms with Crippen molar-refractivity contribution in [1.29, 1.82) is 0 Å². The molecular formula is C13H24N2O. The molecule has 0 aromatic carbocycles. The minimum atomic E-state index is 0.106. The van der Waals surface area contributed by atoms with Gasteiger partial charge in [-0.15, -0.1) is 0 Å². The van der Waals surface area contributed by atoms with E-state index in [0.29, 0.717) is 17.9 Å². The summed E-state index contributed by atoms with van der Waals surface area (Å²) in [6.07, 6.45) is 3.87. The molecule has 16 heavy (non-hydrogen) atoms. The molecule has 1 heterocycles. The van der Waals surface area contributed by atoms with E-state index in [1.54, 1.807) is 0 Å². The molecule has 1 aliphatic heterocycles. The second kappa shape index (κ2) is 4.74. The Kier molecular flexibility index (Phi) is 3.53. The zero-order valence-electron chi connectivity index (χ0n) is 10.7. The summed E-state index contributed by atoms with van der Waals surface area (Å²) in [5.74, 6) is 1.70. The maximum Gasteiger partial charge on any atom is 0.240 e. The Morgan fingerprint density at radius 2 is 2.19 bits per heavy atom. The highest BCUT2D eigenvalue weighted by molar-refractivity contribution is 5.83. The minimum absolute atomic E-state index is 0.106. The minimum Gasteiger partial charge on any atom is -0.339 e. The van der Waals surface area contributed by atoms with Crippen LogP contribution in [-0.2, 0) is 4.79 Å². The standard InChI is InChI=1S/C13H24N2O/c1-4-15(9(2)3)13(16)12-11-7-5-6-10(11)8-14-12/h9-12,14H,4-8H2,1-3H3. The Morgan fingerprint density at radius 3 is 2.81 bits per heavy atom. The van der Waals surface area contributed by atoms with Crippen LogP contribution in [0.4, 0.5) is 0 Å². The van der Waals surface area contributed by atoms with Gasteiger partial charge in [0, 0.05) is 12.6 Å². The first kappa shape index (κ1) is 11.9. The van der Waals surface area contributed by atoms with Crippen LogP contribution in [0.3, 0.4) is 0 Å². The Morgan fingerprint density at radius 1 is 1.44 bits per heavy atom. The zero-order valence-corrected chi connectivity index (χ0v) is 10.7. The van der Waals surface area contributed by atoms with Crippen molar-refractivity contribution in [3.63, 3.8) is 0 Å². The number of amides is 1. The van der Waals surface area contributed by atoms with Crippen LogP contribution < -0.4 is 5.32 Å². The molecule has 3 unspecified atom stereocenters. The van der Waals surface area contributed by atoms with Gasteiger partial charge in [-0.3, -0.25) is 4.79 Å². The topological polar surface area (TPSA) is 32.3 Å². The van der Waals surface area contributed by atoms with Crippen LogP contribution in [-0.4, -0.2) is 36.0 Å². The number of hydrogen-bond acceptors (Lipinski definition) is 2. The fraction of sp³-hybridized carbons (Fsp3) is 0.923. The van der Waals surface area contributed by atoms with Crippen LogP contribution >= 0.6 is 0 Å². The Labute approximate surface area is 98.6 Å². The Hall–Kier alpha value is -0.570. The third-order valence-corrected chi connectivity index (χ3v) is 4.26. The summed E-state index contributed by atoms with van der Waals surface area (Å²) in [7, 11) is 0. The lowest BCUT2D eigenvalue weighted by atomic mass is 9.93. The van der Waals surface area contributed by atoms with E-state index in [1.807, 2.05) is 4.90 Å². The first-order valence-electron chi connectivity index (χ1n) is 6.69. The predicted octanol–water partition coefficient (Wildman–Crippen LogP) is 1.63. The van der Waals surface area contributed by atoms with E-state index in [1.165, 1.54) is 19.3 Å². The molecule has 2 fully saturated rings. The number of nitrogens with one attached hydrogen (secondary N) is 1. The summed E-state index contributed by atoms with van der Waals surface area (Å²) in [6.45, 7) is 8.15. The number of hydrogen-bond donors (Lipinski definition) is 1. The van der Waals surface area contributed by atoms with E-state index >= 15 is 0 Å². The number of likely N-dealkylation sites (N-methyl/N-ethyl adjacent to an activating group) is 1. The number of carbonyl (C=O) groups is 1. The molecule has 1 aliphatic carbocycles. The van der Waals surface area contributed by atoms with Crippen LogP contribution in [0.5, 0.6) is 0 Å². The normalized spacial score (nSPS) is 33.1. The first-order valence-corrected chi connectivity index (χ1v) is 6.69. The van der Waals surface area contributed by atoms with Crippen molar-refractivity contribution in [2.75, 3.05) is 13.1 Å². The van der Waals surface area contributed by atoms with Crippen molar-refractivity contribution < 1.29 is 4.79 Å². The quantitative estimate of drug-likeness (QED) is 0.790. The van der Waals surface area contributed by atoms with Crippen LogP contribution in [0.25, 0.3) is 0 Å². The van der Waals surface area contributed by atoms with Crippen molar-refractivity contribution in [2.45, 2.75) is 52.1 Å². The van der Waals surface area contributed by atoms with Crippen molar-refractivity contribution in [3.8, 4) is 0 Å². The van der Waals surface area contributed by atoms with Crippen LogP contribution in [0, 0.1) is 11.8 Å². The zero-order chi connectivity index (χ0) is 11.7. The molecule has 0 bridgehead atoms. The van der Waals surface area contributed by atoms with Crippen LogP contribution in [0.1, 0.15) is 40.0 Å². The summed E-state index contributed by atoms with van der Waals surface area (Å²) < 4.78 is 0. The molecule has 3 nitrogen and oxygen atoms in total. The van der Waals surface area contributed by atoms with E-state index in [9.17, 15) is 4.79 Å². The van der Waals surface area contributed by atoms with Crippen molar-refractivity contribution in [3.05, 3.63) is 0 Å². The molecule has 1 amide bonds. The highest BCUT2D eigenvalue weighted by Crippen LogP contribution is 2.38. The van der Waals surface area contributed by atoms with E-state index in [4.69, 9.17) is 0 Å².